The minimum atomic E-state index is 0.728. The van der Waals surface area contributed by atoms with Gasteiger partial charge in [0, 0.05) is 5.39 Å². The van der Waals surface area contributed by atoms with E-state index >= 15 is 0 Å². The minimum absolute atomic E-state index is 0.728. The molecule has 0 amide bonds. The summed E-state index contributed by atoms with van der Waals surface area (Å²) >= 11 is 0. The maximum atomic E-state index is 6.00. The molecule has 0 atom stereocenters. The van der Waals surface area contributed by atoms with Crippen LogP contribution >= 0.6 is 0 Å². The molecule has 0 bridgehead atoms. The Morgan fingerprint density at radius 1 is 1.20 bits per heavy atom. The van der Waals surface area contributed by atoms with Crippen LogP contribution in [0.2, 0.25) is 0 Å². The van der Waals surface area contributed by atoms with Crippen LogP contribution < -0.4 is 5.32 Å². The van der Waals surface area contributed by atoms with Crippen molar-refractivity contribution < 1.29 is 8.83 Å². The second-order valence-electron chi connectivity index (χ2n) is 5.04. The average Bonchev–Trinajstić information content (AvgIpc) is 3.05. The lowest BCUT2D eigenvalue weighted by Gasteiger charge is -2.01. The summed E-state index contributed by atoms with van der Waals surface area (Å²) in [7, 11) is 0. The van der Waals surface area contributed by atoms with Crippen LogP contribution in [0.25, 0.3) is 22.3 Å². The standard InChI is InChI=1S/C17H19NO2/c1-3-8-18-11-16-14(7-9-19-16)15-10-13-6-4-5-12(2)17(13)20-15/h4-7,9-10,18H,3,8,11H2,1-2H3. The van der Waals surface area contributed by atoms with Crippen LogP contribution in [0.1, 0.15) is 24.7 Å². The van der Waals surface area contributed by atoms with E-state index in [4.69, 9.17) is 8.83 Å². The molecule has 20 heavy (non-hydrogen) atoms. The normalized spacial score (nSPS) is 11.3. The molecule has 0 spiro atoms. The van der Waals surface area contributed by atoms with Gasteiger partial charge in [0.1, 0.15) is 17.1 Å². The zero-order chi connectivity index (χ0) is 13.9. The number of furan rings is 2. The monoisotopic (exact) mass is 269 g/mol. The van der Waals surface area contributed by atoms with Gasteiger partial charge in [-0.25, -0.2) is 0 Å². The van der Waals surface area contributed by atoms with Gasteiger partial charge in [-0.1, -0.05) is 25.1 Å². The van der Waals surface area contributed by atoms with E-state index in [0.29, 0.717) is 0 Å². The Bertz CT molecular complexity index is 709. The van der Waals surface area contributed by atoms with E-state index in [1.165, 1.54) is 0 Å². The van der Waals surface area contributed by atoms with Crippen molar-refractivity contribution in [3.8, 4) is 11.3 Å². The lowest BCUT2D eigenvalue weighted by Crippen LogP contribution is -2.13. The van der Waals surface area contributed by atoms with Gasteiger partial charge in [0.25, 0.3) is 0 Å². The molecule has 3 aromatic rings. The molecule has 0 aliphatic heterocycles. The van der Waals surface area contributed by atoms with Crippen molar-refractivity contribution in [3.63, 3.8) is 0 Å². The van der Waals surface area contributed by atoms with Gasteiger partial charge in [-0.05, 0) is 37.6 Å². The fourth-order valence-electron chi connectivity index (χ4n) is 2.42. The van der Waals surface area contributed by atoms with Crippen molar-refractivity contribution >= 4 is 11.0 Å². The molecule has 1 aromatic carbocycles. The topological polar surface area (TPSA) is 38.3 Å². The predicted octanol–water partition coefficient (Wildman–Crippen LogP) is 4.50. The van der Waals surface area contributed by atoms with Gasteiger partial charge in [-0.2, -0.15) is 0 Å². The Kier molecular flexibility index (Phi) is 3.61. The summed E-state index contributed by atoms with van der Waals surface area (Å²) in [5.74, 6) is 1.80. The van der Waals surface area contributed by atoms with Crippen LogP contribution in [-0.2, 0) is 6.54 Å². The SMILES string of the molecule is CCCNCc1occc1-c1cc2cccc(C)c2o1. The van der Waals surface area contributed by atoms with Gasteiger partial charge in [-0.3, -0.25) is 0 Å². The third kappa shape index (κ3) is 2.37. The molecule has 2 heterocycles. The van der Waals surface area contributed by atoms with Crippen LogP contribution in [0, 0.1) is 6.92 Å². The van der Waals surface area contributed by atoms with E-state index < -0.39 is 0 Å². The van der Waals surface area contributed by atoms with E-state index in [1.54, 1.807) is 6.26 Å². The zero-order valence-electron chi connectivity index (χ0n) is 11.9. The molecule has 0 fully saturated rings. The van der Waals surface area contributed by atoms with Gasteiger partial charge in [0.2, 0.25) is 0 Å². The van der Waals surface area contributed by atoms with E-state index in [0.717, 1.165) is 53.1 Å². The Hall–Kier alpha value is -2.00. The first-order valence-corrected chi connectivity index (χ1v) is 7.06. The Balaban J connectivity index is 1.95. The molecule has 0 saturated heterocycles. The third-order valence-corrected chi connectivity index (χ3v) is 3.46. The summed E-state index contributed by atoms with van der Waals surface area (Å²) in [6.45, 7) is 5.93. The number of aryl methyl sites for hydroxylation is 1. The summed E-state index contributed by atoms with van der Waals surface area (Å²) in [5, 5.41) is 4.49. The van der Waals surface area contributed by atoms with Crippen molar-refractivity contribution in [2.45, 2.75) is 26.8 Å². The molecular formula is C17H19NO2. The second kappa shape index (κ2) is 5.55. The highest BCUT2D eigenvalue weighted by Gasteiger charge is 2.13. The highest BCUT2D eigenvalue weighted by atomic mass is 16.3. The van der Waals surface area contributed by atoms with Gasteiger partial charge in [0.05, 0.1) is 18.4 Å². The summed E-state index contributed by atoms with van der Waals surface area (Å²) in [4.78, 5) is 0. The van der Waals surface area contributed by atoms with Crippen molar-refractivity contribution in [2.24, 2.45) is 0 Å². The number of rotatable bonds is 5. The maximum absolute atomic E-state index is 6.00. The molecule has 1 N–H and O–H groups in total. The average molecular weight is 269 g/mol. The van der Waals surface area contributed by atoms with Crippen molar-refractivity contribution in [1.29, 1.82) is 0 Å². The fraction of sp³-hybridized carbons (Fsp3) is 0.294. The quantitative estimate of drug-likeness (QED) is 0.693. The van der Waals surface area contributed by atoms with Crippen molar-refractivity contribution in [2.75, 3.05) is 6.54 Å². The maximum Gasteiger partial charge on any atom is 0.138 e. The van der Waals surface area contributed by atoms with Crippen molar-refractivity contribution in [1.82, 2.24) is 5.32 Å². The van der Waals surface area contributed by atoms with E-state index in [-0.39, 0.29) is 0 Å². The molecule has 3 rings (SSSR count). The van der Waals surface area contributed by atoms with Gasteiger partial charge in [0.15, 0.2) is 0 Å². The van der Waals surface area contributed by atoms with Gasteiger partial charge in [-0.15, -0.1) is 0 Å². The van der Waals surface area contributed by atoms with E-state index in [2.05, 4.69) is 43.4 Å². The smallest absolute Gasteiger partial charge is 0.138 e. The third-order valence-electron chi connectivity index (χ3n) is 3.46. The number of hydrogen-bond acceptors (Lipinski definition) is 3. The molecule has 2 aromatic heterocycles. The lowest BCUT2D eigenvalue weighted by atomic mass is 10.1. The van der Waals surface area contributed by atoms with E-state index in [9.17, 15) is 0 Å². The highest BCUT2D eigenvalue weighted by Crippen LogP contribution is 2.32. The second-order valence-corrected chi connectivity index (χ2v) is 5.04. The number of fused-ring (bicyclic) bond motifs is 1. The molecule has 3 heteroatoms. The first-order valence-electron chi connectivity index (χ1n) is 7.06. The Labute approximate surface area is 118 Å². The zero-order valence-corrected chi connectivity index (χ0v) is 11.9. The fourth-order valence-corrected chi connectivity index (χ4v) is 2.42. The molecule has 0 unspecified atom stereocenters. The number of nitrogens with one attached hydrogen (secondary N) is 1. The summed E-state index contributed by atoms with van der Waals surface area (Å²) in [6, 6.07) is 10.2. The largest absolute Gasteiger partial charge is 0.467 e. The summed E-state index contributed by atoms with van der Waals surface area (Å²) < 4.78 is 11.6. The number of hydrogen-bond donors (Lipinski definition) is 1. The van der Waals surface area contributed by atoms with E-state index in [1.807, 2.05) is 6.07 Å². The number of benzene rings is 1. The molecule has 3 nitrogen and oxygen atoms in total. The van der Waals surface area contributed by atoms with Crippen LogP contribution in [0.15, 0.2) is 45.4 Å². The highest BCUT2D eigenvalue weighted by molar-refractivity contribution is 5.85. The van der Waals surface area contributed by atoms with Gasteiger partial charge < -0.3 is 14.2 Å². The van der Waals surface area contributed by atoms with Crippen molar-refractivity contribution in [3.05, 3.63) is 47.9 Å². The van der Waals surface area contributed by atoms with Crippen LogP contribution in [0.3, 0.4) is 0 Å². The van der Waals surface area contributed by atoms with Crippen LogP contribution in [0.5, 0.6) is 0 Å². The molecule has 0 radical (unpaired) electrons. The molecule has 104 valence electrons. The molecular weight excluding hydrogens is 250 g/mol. The Morgan fingerprint density at radius 3 is 2.90 bits per heavy atom. The Morgan fingerprint density at radius 2 is 2.10 bits per heavy atom. The van der Waals surface area contributed by atoms with Crippen LogP contribution in [-0.4, -0.2) is 6.54 Å². The molecule has 0 saturated carbocycles. The summed E-state index contributed by atoms with van der Waals surface area (Å²) in [6.07, 6.45) is 2.83. The summed E-state index contributed by atoms with van der Waals surface area (Å²) in [5.41, 5.74) is 3.14. The predicted molar refractivity (Wildman–Crippen MR) is 80.7 cm³/mol. The lowest BCUT2D eigenvalue weighted by molar-refractivity contribution is 0.482. The molecule has 0 aliphatic rings. The first-order chi connectivity index (χ1) is 9.79. The van der Waals surface area contributed by atoms with Crippen LogP contribution in [0.4, 0.5) is 0 Å². The number of para-hydroxylation sites is 1. The van der Waals surface area contributed by atoms with Gasteiger partial charge >= 0.3 is 0 Å². The minimum Gasteiger partial charge on any atom is -0.467 e. The first kappa shape index (κ1) is 13.0. The molecule has 0 aliphatic carbocycles.